The molecule has 0 fully saturated rings. The number of rotatable bonds is 10. The van der Waals surface area contributed by atoms with Crippen molar-refractivity contribution in [3.05, 3.63) is 104 Å². The van der Waals surface area contributed by atoms with Crippen molar-refractivity contribution in [1.82, 2.24) is 9.72 Å². The Balaban J connectivity index is 0.00000400. The first kappa shape index (κ1) is 29.5. The Bertz CT molecular complexity index is 1480. The summed E-state index contributed by atoms with van der Waals surface area (Å²) >= 11 is 0. The zero-order valence-electron chi connectivity index (χ0n) is 22.5. The van der Waals surface area contributed by atoms with Crippen molar-refractivity contribution < 1.29 is 48.7 Å². The van der Waals surface area contributed by atoms with Gasteiger partial charge in [-0.2, -0.15) is 0 Å². The second kappa shape index (κ2) is 12.7. The van der Waals surface area contributed by atoms with Gasteiger partial charge in [-0.05, 0) is 85.3 Å². The van der Waals surface area contributed by atoms with Gasteiger partial charge >= 0.3 is 35.3 Å². The maximum Gasteiger partial charge on any atom is 1.00 e. The second-order valence-corrected chi connectivity index (χ2v) is 9.70. The molecule has 0 aliphatic rings. The molecule has 4 rings (SSSR count). The molecule has 0 saturated carbocycles. The quantitative estimate of drug-likeness (QED) is 0.310. The van der Waals surface area contributed by atoms with E-state index < -0.39 is 17.0 Å². The van der Waals surface area contributed by atoms with Crippen molar-refractivity contribution in [2.45, 2.75) is 52.9 Å². The number of hydrogen-bond donors (Lipinski definition) is 1. The van der Waals surface area contributed by atoms with Gasteiger partial charge < -0.3 is 24.1 Å². The van der Waals surface area contributed by atoms with Crippen molar-refractivity contribution >= 4 is 0 Å². The van der Waals surface area contributed by atoms with Gasteiger partial charge in [-0.15, -0.1) is 0 Å². The second-order valence-electron chi connectivity index (χ2n) is 9.70. The first-order chi connectivity index (χ1) is 17.6. The third kappa shape index (κ3) is 7.74. The van der Waals surface area contributed by atoms with Gasteiger partial charge in [-0.3, -0.25) is 9.53 Å². The van der Waals surface area contributed by atoms with Gasteiger partial charge in [0, 0.05) is 13.0 Å². The average Bonchev–Trinajstić information content (AvgIpc) is 3.15. The molecule has 194 valence electrons. The van der Waals surface area contributed by atoms with Crippen LogP contribution in [0.15, 0.2) is 74.8 Å². The fourth-order valence-corrected chi connectivity index (χ4v) is 3.98. The third-order valence-electron chi connectivity index (χ3n) is 6.15. The summed E-state index contributed by atoms with van der Waals surface area (Å²) in [4.78, 5) is 25.9. The molecule has 0 amide bonds. The molecule has 0 aliphatic heterocycles. The van der Waals surface area contributed by atoms with E-state index in [1.807, 2.05) is 48.5 Å². The summed E-state index contributed by atoms with van der Waals surface area (Å²) in [7, 11) is 0. The topological polar surface area (TPSA) is 105 Å². The molecular weight excluding hydrogens is 495 g/mol. The Kier molecular flexibility index (Phi) is 9.84. The van der Waals surface area contributed by atoms with E-state index in [0.29, 0.717) is 25.4 Å². The Morgan fingerprint density at radius 2 is 1.66 bits per heavy atom. The van der Waals surface area contributed by atoms with E-state index >= 15 is 0 Å². The van der Waals surface area contributed by atoms with E-state index in [0.717, 1.165) is 43.9 Å². The molecule has 4 aromatic rings. The Morgan fingerprint density at radius 1 is 0.947 bits per heavy atom. The van der Waals surface area contributed by atoms with Crippen molar-refractivity contribution in [1.29, 1.82) is 0 Å². The predicted octanol–water partition coefficient (Wildman–Crippen LogP) is 1.21. The van der Waals surface area contributed by atoms with Crippen LogP contribution in [0.25, 0.3) is 11.1 Å². The van der Waals surface area contributed by atoms with Gasteiger partial charge in [-0.25, -0.2) is 4.79 Å². The molecule has 0 saturated heterocycles. The number of aromatic nitrogens is 2. The van der Waals surface area contributed by atoms with Crippen molar-refractivity contribution in [3.8, 4) is 22.6 Å². The van der Waals surface area contributed by atoms with Gasteiger partial charge in [0.1, 0.15) is 18.1 Å². The SMILES string of the molecule is Cc1cc(OCCC(C)(C)O)ccc1-c1cccc(COc2ccc(Cn3oc(=O)[n-]c3=O)cc2)c1C.[Na+]. The van der Waals surface area contributed by atoms with Crippen LogP contribution in [-0.2, 0) is 13.2 Å². The first-order valence-electron chi connectivity index (χ1n) is 12.1. The molecule has 8 nitrogen and oxygen atoms in total. The van der Waals surface area contributed by atoms with Gasteiger partial charge in [-0.1, -0.05) is 36.4 Å². The van der Waals surface area contributed by atoms with Crippen molar-refractivity contribution in [2.24, 2.45) is 0 Å². The van der Waals surface area contributed by atoms with Gasteiger partial charge in [0.2, 0.25) is 0 Å². The summed E-state index contributed by atoms with van der Waals surface area (Å²) in [6.07, 6.45) is 0.557. The third-order valence-corrected chi connectivity index (χ3v) is 6.15. The van der Waals surface area contributed by atoms with Crippen LogP contribution < -0.4 is 55.5 Å². The Hall–Kier alpha value is -3.04. The molecule has 9 heteroatoms. The number of nitrogens with zero attached hydrogens (tertiary/aromatic N) is 2. The van der Waals surface area contributed by atoms with Gasteiger partial charge in [0.15, 0.2) is 5.69 Å². The number of ether oxygens (including phenoxy) is 2. The number of aliphatic hydroxyl groups is 1. The summed E-state index contributed by atoms with van der Waals surface area (Å²) in [5.41, 5.74) is 4.90. The van der Waals surface area contributed by atoms with E-state index in [2.05, 4.69) is 31.0 Å². The molecular formula is C29H31N2NaO6. The minimum Gasteiger partial charge on any atom is -0.493 e. The monoisotopic (exact) mass is 526 g/mol. The van der Waals surface area contributed by atoms with Crippen molar-refractivity contribution in [2.75, 3.05) is 6.61 Å². The van der Waals surface area contributed by atoms with E-state index in [-0.39, 0.29) is 36.1 Å². The van der Waals surface area contributed by atoms with Gasteiger partial charge in [0.25, 0.3) is 0 Å². The van der Waals surface area contributed by atoms with Crippen LogP contribution in [0.5, 0.6) is 11.5 Å². The smallest absolute Gasteiger partial charge is 0.493 e. The number of hydrogen-bond acceptors (Lipinski definition) is 6. The van der Waals surface area contributed by atoms with E-state index in [9.17, 15) is 14.7 Å². The zero-order valence-corrected chi connectivity index (χ0v) is 24.5. The van der Waals surface area contributed by atoms with Crippen LogP contribution in [0.2, 0.25) is 0 Å². The molecule has 1 N–H and O–H groups in total. The molecule has 0 aliphatic carbocycles. The minimum atomic E-state index is -0.899. The molecule has 0 radical (unpaired) electrons. The average molecular weight is 527 g/mol. The van der Waals surface area contributed by atoms with Crippen LogP contribution in [-0.4, -0.2) is 22.1 Å². The molecule has 0 atom stereocenters. The normalized spacial score (nSPS) is 11.2. The number of aryl methyl sites for hydroxylation is 1. The minimum absolute atomic E-state index is 0. The predicted molar refractivity (Wildman–Crippen MR) is 140 cm³/mol. The Morgan fingerprint density at radius 3 is 2.29 bits per heavy atom. The fourth-order valence-electron chi connectivity index (χ4n) is 3.98. The first-order valence-corrected chi connectivity index (χ1v) is 12.1. The summed E-state index contributed by atoms with van der Waals surface area (Å²) in [6.45, 7) is 8.67. The Labute approximate surface area is 243 Å². The molecule has 3 aromatic carbocycles. The van der Waals surface area contributed by atoms with Crippen LogP contribution in [0.1, 0.15) is 42.5 Å². The van der Waals surface area contributed by atoms with Crippen LogP contribution >= 0.6 is 0 Å². The fraction of sp³-hybridized carbons (Fsp3) is 0.310. The van der Waals surface area contributed by atoms with E-state index in [1.165, 1.54) is 0 Å². The van der Waals surface area contributed by atoms with Crippen molar-refractivity contribution in [3.63, 3.8) is 0 Å². The van der Waals surface area contributed by atoms with E-state index in [1.54, 1.807) is 13.8 Å². The van der Waals surface area contributed by atoms with Crippen LogP contribution in [0.4, 0.5) is 0 Å². The maximum absolute atomic E-state index is 11.6. The summed E-state index contributed by atoms with van der Waals surface area (Å²) in [5, 5.41) is 9.88. The molecule has 1 heterocycles. The molecule has 38 heavy (non-hydrogen) atoms. The summed E-state index contributed by atoms with van der Waals surface area (Å²) in [6, 6.07) is 19.5. The standard InChI is InChI=1S/C29H32N2O6.Na/c1-19-16-24(35-15-14-29(3,4)34)12-13-25(19)26-7-5-6-22(20(26)2)18-36-23-10-8-21(9-11-23)17-31-27(32)30-28(33)37-31;/h5-13,16,34H,14-15,17-18H2,1-4H3,(H,30,32,33);/q;+1/p-1. The largest absolute Gasteiger partial charge is 1.00 e. The number of benzene rings is 3. The van der Waals surface area contributed by atoms with E-state index in [4.69, 9.17) is 14.0 Å². The van der Waals surface area contributed by atoms with Gasteiger partial charge in [0.05, 0.1) is 12.2 Å². The molecule has 1 aromatic heterocycles. The summed E-state index contributed by atoms with van der Waals surface area (Å²) < 4.78 is 17.5. The maximum atomic E-state index is 11.6. The molecule has 0 spiro atoms. The molecule has 0 unspecified atom stereocenters. The van der Waals surface area contributed by atoms with Crippen LogP contribution in [0.3, 0.4) is 0 Å². The van der Waals surface area contributed by atoms with Crippen LogP contribution in [0, 0.1) is 13.8 Å². The molecule has 0 bridgehead atoms. The zero-order chi connectivity index (χ0) is 26.6. The summed E-state index contributed by atoms with van der Waals surface area (Å²) in [5.74, 6) is 0.573.